The molecule has 43 heavy (non-hydrogen) atoms. The number of carboxylic acids is 1. The third-order valence-electron chi connectivity index (χ3n) is 6.07. The van der Waals surface area contributed by atoms with Crippen molar-refractivity contribution in [2.24, 2.45) is 20.5 Å². The molecule has 0 radical (unpaired) electrons. The molecule has 0 saturated heterocycles. The van der Waals surface area contributed by atoms with Gasteiger partial charge in [-0.3, -0.25) is 4.55 Å². The number of nitrogen functional groups attached to an aromatic ring is 1. The van der Waals surface area contributed by atoms with Crippen LogP contribution in [-0.2, 0) is 10.1 Å². The van der Waals surface area contributed by atoms with E-state index in [9.17, 15) is 38.2 Å². The minimum absolute atomic E-state index is 0. The number of hydrogen-bond acceptors (Lipinski definition) is 11. The van der Waals surface area contributed by atoms with Gasteiger partial charge in [0.15, 0.2) is 5.75 Å². The molecular weight excluding hydrogens is 600 g/mol. The van der Waals surface area contributed by atoms with E-state index >= 15 is 0 Å². The van der Waals surface area contributed by atoms with Crippen molar-refractivity contribution in [1.82, 2.24) is 0 Å². The van der Waals surface area contributed by atoms with Crippen LogP contribution in [0.15, 0.2) is 98.1 Å². The molecule has 0 atom stereocenters. The van der Waals surface area contributed by atoms with E-state index in [-0.39, 0.29) is 92.6 Å². The van der Waals surface area contributed by atoms with E-state index in [0.29, 0.717) is 10.8 Å². The predicted octanol–water partition coefficient (Wildman–Crippen LogP) is -0.788. The van der Waals surface area contributed by atoms with Gasteiger partial charge in [-0.1, -0.05) is 47.9 Å². The summed E-state index contributed by atoms with van der Waals surface area (Å²) in [5, 5.41) is 61.5. The van der Waals surface area contributed by atoms with Gasteiger partial charge in [-0.05, 0) is 47.2 Å². The van der Waals surface area contributed by atoms with Gasteiger partial charge >= 0.3 is 65.1 Å². The SMILES string of the molecule is Nc1ccc2cc(S(=O)(=O)O)c(N=Nc3ccc(N=Nc4ccc([O-])c(C(=O)O)c4O)c4ccccc34)c([O-])c2c1.[Na+].[Na+]. The maximum atomic E-state index is 13.1. The van der Waals surface area contributed by atoms with Crippen molar-refractivity contribution in [3.8, 4) is 17.2 Å². The number of anilines is 1. The van der Waals surface area contributed by atoms with Crippen LogP contribution < -0.4 is 75.1 Å². The molecule has 206 valence electrons. The minimum atomic E-state index is -4.85. The molecule has 5 aromatic carbocycles. The van der Waals surface area contributed by atoms with Crippen LogP contribution >= 0.6 is 0 Å². The van der Waals surface area contributed by atoms with Crippen LogP contribution in [0, 0.1) is 0 Å². The maximum Gasteiger partial charge on any atom is 1.00 e. The molecule has 0 spiro atoms. The predicted molar refractivity (Wildman–Crippen MR) is 144 cm³/mol. The number of aromatic hydroxyl groups is 1. The molecule has 0 saturated carbocycles. The smallest absolute Gasteiger partial charge is 0.872 e. The molecule has 13 nitrogen and oxygen atoms in total. The van der Waals surface area contributed by atoms with E-state index in [1.54, 1.807) is 24.3 Å². The second kappa shape index (κ2) is 13.4. The third kappa shape index (κ3) is 6.82. The topological polar surface area (TPSA) is 233 Å². The Morgan fingerprint density at radius 3 is 1.91 bits per heavy atom. The first-order valence-electron chi connectivity index (χ1n) is 11.6. The molecule has 0 aliphatic carbocycles. The van der Waals surface area contributed by atoms with E-state index in [1.165, 1.54) is 30.3 Å². The van der Waals surface area contributed by atoms with Crippen molar-refractivity contribution >= 4 is 66.1 Å². The van der Waals surface area contributed by atoms with Crippen LogP contribution in [0.25, 0.3) is 21.5 Å². The molecule has 5 N–H and O–H groups in total. The van der Waals surface area contributed by atoms with Gasteiger partial charge in [-0.25, -0.2) is 4.79 Å². The number of benzene rings is 5. The van der Waals surface area contributed by atoms with Gasteiger partial charge in [0.25, 0.3) is 10.1 Å². The molecule has 0 aliphatic heterocycles. The molecule has 16 heteroatoms. The monoisotopic (exact) mass is 617 g/mol. The standard InChI is InChI=1S/C27H19N5O8S.2Na/c28-14-6-5-13-11-22(41(38,39)40)24(25(34)17(13)12-14)32-30-19-8-7-18(15-3-1-2-4-16(15)19)29-31-20-9-10-21(33)23(26(20)35)27(36)37;;/h1-12,33-35H,28H2,(H,36,37)(H,38,39,40);;/q;2*+1/p-2. The Bertz CT molecular complexity index is 2070. The van der Waals surface area contributed by atoms with Crippen LogP contribution in [0.1, 0.15) is 10.4 Å². The Hall–Kier alpha value is -3.60. The number of phenols is 1. The van der Waals surface area contributed by atoms with Crippen molar-refractivity contribution in [2.75, 3.05) is 5.73 Å². The van der Waals surface area contributed by atoms with Crippen molar-refractivity contribution in [3.63, 3.8) is 0 Å². The molecule has 0 aliphatic rings. The number of aromatic carboxylic acids is 1. The zero-order valence-electron chi connectivity index (χ0n) is 22.6. The zero-order valence-corrected chi connectivity index (χ0v) is 27.4. The number of hydrogen-bond donors (Lipinski definition) is 4. The summed E-state index contributed by atoms with van der Waals surface area (Å²) in [5.41, 5.74) is 4.84. The first kappa shape index (κ1) is 33.9. The third-order valence-corrected chi connectivity index (χ3v) is 6.94. The molecule has 0 fully saturated rings. The van der Waals surface area contributed by atoms with Gasteiger partial charge in [0.05, 0.1) is 22.6 Å². The number of carboxylic acid groups (broad SMARTS) is 1. The van der Waals surface area contributed by atoms with Gasteiger partial charge in [-0.15, -0.1) is 20.5 Å². The molecule has 0 aromatic heterocycles. The number of rotatable bonds is 6. The van der Waals surface area contributed by atoms with Crippen LogP contribution in [0.4, 0.5) is 28.4 Å². The van der Waals surface area contributed by atoms with E-state index in [1.807, 2.05) is 0 Å². The fraction of sp³-hybridized carbons (Fsp3) is 0. The number of fused-ring (bicyclic) bond motifs is 2. The Labute approximate surface area is 287 Å². The van der Waals surface area contributed by atoms with Gasteiger partial charge in [0, 0.05) is 16.5 Å². The number of carbonyl (C=O) groups is 1. The van der Waals surface area contributed by atoms with Crippen molar-refractivity contribution in [3.05, 3.63) is 78.4 Å². The van der Waals surface area contributed by atoms with Gasteiger partial charge < -0.3 is 26.2 Å². The van der Waals surface area contributed by atoms with E-state index in [0.717, 1.165) is 18.2 Å². The van der Waals surface area contributed by atoms with E-state index in [2.05, 4.69) is 20.5 Å². The van der Waals surface area contributed by atoms with Crippen LogP contribution in [0.5, 0.6) is 17.2 Å². The number of nitrogens with zero attached hydrogens (tertiary/aromatic N) is 4. The fourth-order valence-corrected chi connectivity index (χ4v) is 4.79. The Kier molecular flexibility index (Phi) is 10.5. The van der Waals surface area contributed by atoms with Gasteiger partial charge in [-0.2, -0.15) is 8.42 Å². The summed E-state index contributed by atoms with van der Waals surface area (Å²) >= 11 is 0. The first-order chi connectivity index (χ1) is 19.5. The summed E-state index contributed by atoms with van der Waals surface area (Å²) in [7, 11) is -4.85. The molecule has 5 aromatic rings. The number of azo groups is 2. The fourth-order valence-electron chi connectivity index (χ4n) is 4.14. The van der Waals surface area contributed by atoms with Crippen LogP contribution in [-0.4, -0.2) is 29.2 Å². The zero-order chi connectivity index (χ0) is 29.5. The summed E-state index contributed by atoms with van der Waals surface area (Å²) in [4.78, 5) is 10.6. The maximum absolute atomic E-state index is 13.1. The second-order valence-electron chi connectivity index (χ2n) is 8.67. The Morgan fingerprint density at radius 1 is 0.767 bits per heavy atom. The average molecular weight is 618 g/mol. The van der Waals surface area contributed by atoms with Gasteiger partial charge in [0.1, 0.15) is 10.6 Å². The molecular formula is C27H17N5Na2O8S. The van der Waals surface area contributed by atoms with Gasteiger partial charge in [0.2, 0.25) is 0 Å². The first-order valence-corrected chi connectivity index (χ1v) is 13.0. The van der Waals surface area contributed by atoms with Crippen LogP contribution in [0.3, 0.4) is 0 Å². The van der Waals surface area contributed by atoms with E-state index < -0.39 is 49.5 Å². The van der Waals surface area contributed by atoms with Crippen molar-refractivity contribution in [1.29, 1.82) is 0 Å². The Morgan fingerprint density at radius 2 is 1.33 bits per heavy atom. The molecule has 5 rings (SSSR count). The largest absolute Gasteiger partial charge is 1.00 e. The van der Waals surface area contributed by atoms with E-state index in [4.69, 9.17) is 5.73 Å². The summed E-state index contributed by atoms with van der Waals surface area (Å²) in [6, 6.07) is 17.1. The van der Waals surface area contributed by atoms with Crippen LogP contribution in [0.2, 0.25) is 0 Å². The average Bonchev–Trinajstić information content (AvgIpc) is 2.92. The van der Waals surface area contributed by atoms with Crippen molar-refractivity contribution in [2.45, 2.75) is 4.90 Å². The summed E-state index contributed by atoms with van der Waals surface area (Å²) < 4.78 is 33.9. The summed E-state index contributed by atoms with van der Waals surface area (Å²) in [6.07, 6.45) is 0. The molecule has 0 bridgehead atoms. The minimum Gasteiger partial charge on any atom is -0.872 e. The second-order valence-corrected chi connectivity index (χ2v) is 10.1. The summed E-state index contributed by atoms with van der Waals surface area (Å²) in [6.45, 7) is 0. The normalized spacial score (nSPS) is 11.6. The molecule has 0 unspecified atom stereocenters. The molecule has 0 heterocycles. The quantitative estimate of drug-likeness (QED) is 0.0808. The number of nitrogens with two attached hydrogens (primary N) is 1. The summed E-state index contributed by atoms with van der Waals surface area (Å²) in [5.74, 6) is -4.13. The molecule has 0 amide bonds. The van der Waals surface area contributed by atoms with Crippen molar-refractivity contribution < 1.29 is 97.3 Å². The Balaban J connectivity index is 0.00000253.